The lowest BCUT2D eigenvalue weighted by Crippen LogP contribution is -2.61. The lowest BCUT2D eigenvalue weighted by Gasteiger charge is -2.42. The van der Waals surface area contributed by atoms with Crippen LogP contribution in [0, 0.1) is 0 Å². The fraction of sp³-hybridized carbons (Fsp3) is 0.905. The Balaban J connectivity index is 1.88. The molecular weight excluding hydrogens is 744 g/mol. The number of esters is 2. The van der Waals surface area contributed by atoms with Gasteiger partial charge in [0.15, 0.2) is 18.7 Å². The normalized spacial score (nSPS) is 28.4. The lowest BCUT2D eigenvalue weighted by atomic mass is 9.98. The zero-order valence-corrected chi connectivity index (χ0v) is 34.6. The molecule has 0 saturated carbocycles. The zero-order chi connectivity index (χ0) is 41.8. The van der Waals surface area contributed by atoms with Crippen LogP contribution in [0.4, 0.5) is 0 Å². The number of rotatable bonds is 32. The van der Waals surface area contributed by atoms with E-state index >= 15 is 0 Å². The molecule has 0 aromatic rings. The van der Waals surface area contributed by atoms with Gasteiger partial charge in [-0.25, -0.2) is 0 Å². The predicted molar refractivity (Wildman–Crippen MR) is 211 cm³/mol. The molecule has 2 rings (SSSR count). The largest absolute Gasteiger partial charge is 0.462 e. The van der Waals surface area contributed by atoms with E-state index in [4.69, 9.17) is 28.4 Å². The van der Waals surface area contributed by atoms with Crippen LogP contribution in [0.2, 0.25) is 0 Å². The molecule has 7 N–H and O–H groups in total. The molecule has 0 radical (unpaired) electrons. The molecule has 11 unspecified atom stereocenters. The average molecular weight is 821 g/mol. The Morgan fingerprint density at radius 2 is 1.02 bits per heavy atom. The number of hydrogen-bond donors (Lipinski definition) is 7. The van der Waals surface area contributed by atoms with E-state index in [2.05, 4.69) is 26.0 Å². The molecule has 0 aromatic carbocycles. The van der Waals surface area contributed by atoms with Crippen LogP contribution in [-0.2, 0) is 38.0 Å². The molecule has 2 aliphatic rings. The fourth-order valence-corrected chi connectivity index (χ4v) is 6.78. The summed E-state index contributed by atoms with van der Waals surface area (Å²) in [6.45, 7) is 2.50. The summed E-state index contributed by atoms with van der Waals surface area (Å²) in [6, 6.07) is 0. The van der Waals surface area contributed by atoms with Gasteiger partial charge >= 0.3 is 11.9 Å². The maximum atomic E-state index is 12.9. The van der Waals surface area contributed by atoms with Gasteiger partial charge in [-0.2, -0.15) is 0 Å². The first-order valence-electron chi connectivity index (χ1n) is 21.8. The highest BCUT2D eigenvalue weighted by molar-refractivity contribution is 5.70. The number of unbranched alkanes of at least 4 members (excludes halogenated alkanes) is 16. The van der Waals surface area contributed by atoms with Crippen LogP contribution in [-0.4, -0.2) is 142 Å². The van der Waals surface area contributed by atoms with Gasteiger partial charge < -0.3 is 64.2 Å². The minimum Gasteiger partial charge on any atom is -0.462 e. The van der Waals surface area contributed by atoms with Crippen molar-refractivity contribution in [1.82, 2.24) is 0 Å². The van der Waals surface area contributed by atoms with Crippen LogP contribution in [0.3, 0.4) is 0 Å². The lowest BCUT2D eigenvalue weighted by molar-refractivity contribution is -0.332. The average Bonchev–Trinajstić information content (AvgIpc) is 3.20. The fourth-order valence-electron chi connectivity index (χ4n) is 6.78. The van der Waals surface area contributed by atoms with Crippen molar-refractivity contribution in [2.45, 2.75) is 216 Å². The quantitative estimate of drug-likeness (QED) is 0.0290. The Kier molecular flexibility index (Phi) is 28.1. The monoisotopic (exact) mass is 821 g/mol. The van der Waals surface area contributed by atoms with E-state index < -0.39 is 92.7 Å². The Hall–Kier alpha value is -1.76. The molecule has 334 valence electrons. The van der Waals surface area contributed by atoms with E-state index in [0.29, 0.717) is 12.8 Å². The van der Waals surface area contributed by atoms with Crippen molar-refractivity contribution in [1.29, 1.82) is 0 Å². The van der Waals surface area contributed by atoms with Crippen LogP contribution >= 0.6 is 0 Å². The van der Waals surface area contributed by atoms with Gasteiger partial charge in [0.1, 0.15) is 55.4 Å². The zero-order valence-electron chi connectivity index (χ0n) is 34.6. The predicted octanol–water partition coefficient (Wildman–Crippen LogP) is 3.87. The molecule has 0 amide bonds. The Morgan fingerprint density at radius 3 is 1.60 bits per heavy atom. The van der Waals surface area contributed by atoms with E-state index in [1.807, 2.05) is 0 Å². The van der Waals surface area contributed by atoms with Gasteiger partial charge in [-0.15, -0.1) is 0 Å². The highest BCUT2D eigenvalue weighted by Crippen LogP contribution is 2.26. The smallest absolute Gasteiger partial charge is 0.306 e. The molecule has 11 atom stereocenters. The molecule has 57 heavy (non-hydrogen) atoms. The van der Waals surface area contributed by atoms with Crippen molar-refractivity contribution in [3.8, 4) is 0 Å². The summed E-state index contributed by atoms with van der Waals surface area (Å²) in [5.41, 5.74) is 0. The summed E-state index contributed by atoms with van der Waals surface area (Å²) < 4.78 is 33.3. The number of hydrogen-bond acceptors (Lipinski definition) is 15. The van der Waals surface area contributed by atoms with Gasteiger partial charge in [0.2, 0.25) is 0 Å². The van der Waals surface area contributed by atoms with Crippen molar-refractivity contribution >= 4 is 11.9 Å². The summed E-state index contributed by atoms with van der Waals surface area (Å²) >= 11 is 0. The maximum Gasteiger partial charge on any atom is 0.306 e. The molecule has 0 spiro atoms. The van der Waals surface area contributed by atoms with Gasteiger partial charge in [0.25, 0.3) is 0 Å². The first-order chi connectivity index (χ1) is 27.5. The second-order valence-corrected chi connectivity index (χ2v) is 15.5. The number of allylic oxidation sites excluding steroid dienone is 2. The van der Waals surface area contributed by atoms with Gasteiger partial charge in [0.05, 0.1) is 19.8 Å². The number of carbonyl (C=O) groups excluding carboxylic acids is 2. The molecular formula is C42H76O15. The number of aliphatic hydroxyl groups is 7. The van der Waals surface area contributed by atoms with Crippen molar-refractivity contribution < 1.29 is 73.8 Å². The van der Waals surface area contributed by atoms with Crippen LogP contribution in [0.5, 0.6) is 0 Å². The third-order valence-electron chi connectivity index (χ3n) is 10.5. The van der Waals surface area contributed by atoms with Crippen LogP contribution < -0.4 is 0 Å². The molecule has 0 bridgehead atoms. The van der Waals surface area contributed by atoms with E-state index in [9.17, 15) is 45.3 Å². The third kappa shape index (κ3) is 20.9. The topological polar surface area (TPSA) is 231 Å². The van der Waals surface area contributed by atoms with Crippen LogP contribution in [0.25, 0.3) is 0 Å². The SMILES string of the molecule is CCCC/C=C\CCCCCCCC(=O)OC(COC(=O)CCCCCCCCCCCC)COC1OC(COC2OC(CO)C(O)C(O)C2O)C(O)C(O)C1O. The molecule has 2 fully saturated rings. The van der Waals surface area contributed by atoms with E-state index in [-0.39, 0.29) is 26.1 Å². The number of carbonyl (C=O) groups is 2. The summed E-state index contributed by atoms with van der Waals surface area (Å²) in [4.78, 5) is 25.5. The molecule has 2 aliphatic heterocycles. The first kappa shape index (κ1) is 51.4. The van der Waals surface area contributed by atoms with Crippen LogP contribution in [0.15, 0.2) is 12.2 Å². The van der Waals surface area contributed by atoms with E-state index in [1.54, 1.807) is 0 Å². The van der Waals surface area contributed by atoms with Crippen molar-refractivity contribution in [2.75, 3.05) is 26.4 Å². The molecule has 0 aromatic heterocycles. The highest BCUT2D eigenvalue weighted by Gasteiger charge is 2.47. The van der Waals surface area contributed by atoms with Crippen molar-refractivity contribution in [3.05, 3.63) is 12.2 Å². The van der Waals surface area contributed by atoms with Gasteiger partial charge in [-0.1, -0.05) is 116 Å². The van der Waals surface area contributed by atoms with Gasteiger partial charge in [-0.05, 0) is 32.1 Å². The standard InChI is InChI=1S/C42H76O15/c1-3-5-7-9-11-13-15-17-19-21-23-25-34(45)55-30(27-52-33(44)24-22-20-18-16-14-12-10-8-6-4-2)28-53-41-40(51)38(49)36(47)32(57-41)29-54-42-39(50)37(48)35(46)31(26-43)56-42/h9,11,30-32,35-43,46-51H,3-8,10,12-29H2,1-2H3/b11-9-. The molecule has 15 heteroatoms. The molecule has 0 aliphatic carbocycles. The minimum atomic E-state index is -1.76. The highest BCUT2D eigenvalue weighted by atomic mass is 16.7. The maximum absolute atomic E-state index is 12.9. The molecule has 15 nitrogen and oxygen atoms in total. The van der Waals surface area contributed by atoms with E-state index in [0.717, 1.165) is 57.8 Å². The molecule has 2 heterocycles. The summed E-state index contributed by atoms with van der Waals surface area (Å²) in [6.07, 6.45) is 8.43. The molecule has 2 saturated heterocycles. The van der Waals surface area contributed by atoms with Gasteiger partial charge in [0, 0.05) is 12.8 Å². The van der Waals surface area contributed by atoms with Crippen molar-refractivity contribution in [2.24, 2.45) is 0 Å². The Morgan fingerprint density at radius 1 is 0.544 bits per heavy atom. The summed E-state index contributed by atoms with van der Waals surface area (Å²) in [5, 5.41) is 71.7. The first-order valence-corrected chi connectivity index (χ1v) is 21.8. The van der Waals surface area contributed by atoms with Crippen molar-refractivity contribution in [3.63, 3.8) is 0 Å². The summed E-state index contributed by atoms with van der Waals surface area (Å²) in [5.74, 6) is -0.937. The van der Waals surface area contributed by atoms with Gasteiger partial charge in [-0.3, -0.25) is 9.59 Å². The van der Waals surface area contributed by atoms with Crippen LogP contribution in [0.1, 0.15) is 149 Å². The summed E-state index contributed by atoms with van der Waals surface area (Å²) in [7, 11) is 0. The second kappa shape index (κ2) is 31.2. The second-order valence-electron chi connectivity index (χ2n) is 15.5. The third-order valence-corrected chi connectivity index (χ3v) is 10.5. The minimum absolute atomic E-state index is 0.158. The Labute approximate surface area is 340 Å². The number of ether oxygens (including phenoxy) is 6. The Bertz CT molecular complexity index is 1060. The van der Waals surface area contributed by atoms with E-state index in [1.165, 1.54) is 51.4 Å². The number of aliphatic hydroxyl groups excluding tert-OH is 7.